The smallest absolute Gasteiger partial charge is 0.251 e. The van der Waals surface area contributed by atoms with E-state index in [9.17, 15) is 14.4 Å². The second-order valence-electron chi connectivity index (χ2n) is 7.20. The highest BCUT2D eigenvalue weighted by atomic mass is 16.5. The zero-order chi connectivity index (χ0) is 21.3. The molecule has 7 nitrogen and oxygen atoms in total. The van der Waals surface area contributed by atoms with Crippen LogP contribution in [-0.2, 0) is 16.0 Å². The summed E-state index contributed by atoms with van der Waals surface area (Å²) < 4.78 is 5.39. The van der Waals surface area contributed by atoms with Crippen molar-refractivity contribution in [3.8, 4) is 5.75 Å². The number of carbonyl (C=O) groups is 3. The van der Waals surface area contributed by atoms with Crippen LogP contribution in [0.1, 0.15) is 35.7 Å². The Balaban J connectivity index is 1.41. The Bertz CT molecular complexity index is 874. The van der Waals surface area contributed by atoms with Crippen LogP contribution in [0.25, 0.3) is 0 Å². The molecule has 2 aromatic carbocycles. The van der Waals surface area contributed by atoms with Gasteiger partial charge >= 0.3 is 0 Å². The standard InChI is InChI=1S/C23H27N3O4/c1-2-30-20-11-3-16(4-12-20)15-21(27)26-19-9-7-18(8-10-19)23(29)25-14-13-24-22(28)17-5-6-17/h3-4,7-12,17H,2,5-6,13-15H2,1H3,(H,24,28)(H,25,29)(H,26,27). The summed E-state index contributed by atoms with van der Waals surface area (Å²) >= 11 is 0. The normalized spacial score (nSPS) is 12.7. The summed E-state index contributed by atoms with van der Waals surface area (Å²) in [6, 6.07) is 14.1. The third kappa shape index (κ3) is 6.62. The van der Waals surface area contributed by atoms with Gasteiger partial charge in [-0.05, 0) is 61.7 Å². The molecule has 3 rings (SSSR count). The lowest BCUT2D eigenvalue weighted by Gasteiger charge is -2.09. The van der Waals surface area contributed by atoms with E-state index in [2.05, 4.69) is 16.0 Å². The zero-order valence-electron chi connectivity index (χ0n) is 17.1. The molecule has 1 aliphatic carbocycles. The van der Waals surface area contributed by atoms with Gasteiger partial charge in [-0.25, -0.2) is 0 Å². The van der Waals surface area contributed by atoms with Gasteiger partial charge in [0.15, 0.2) is 0 Å². The Morgan fingerprint density at radius 1 is 0.933 bits per heavy atom. The molecule has 1 saturated carbocycles. The fourth-order valence-corrected chi connectivity index (χ4v) is 2.92. The first-order valence-electron chi connectivity index (χ1n) is 10.2. The number of anilines is 1. The van der Waals surface area contributed by atoms with Crippen molar-refractivity contribution in [1.29, 1.82) is 0 Å². The monoisotopic (exact) mass is 409 g/mol. The molecule has 158 valence electrons. The van der Waals surface area contributed by atoms with Gasteiger partial charge in [-0.15, -0.1) is 0 Å². The van der Waals surface area contributed by atoms with Gasteiger partial charge < -0.3 is 20.7 Å². The van der Waals surface area contributed by atoms with E-state index in [1.165, 1.54) is 0 Å². The van der Waals surface area contributed by atoms with Crippen LogP contribution in [0.4, 0.5) is 5.69 Å². The molecule has 3 N–H and O–H groups in total. The number of nitrogens with one attached hydrogen (secondary N) is 3. The molecule has 0 radical (unpaired) electrons. The summed E-state index contributed by atoms with van der Waals surface area (Å²) in [7, 11) is 0. The highest BCUT2D eigenvalue weighted by Gasteiger charge is 2.28. The van der Waals surface area contributed by atoms with Crippen molar-refractivity contribution in [2.75, 3.05) is 25.0 Å². The summed E-state index contributed by atoms with van der Waals surface area (Å²) in [4.78, 5) is 35.9. The molecule has 0 atom stereocenters. The Morgan fingerprint density at radius 3 is 2.23 bits per heavy atom. The topological polar surface area (TPSA) is 96.5 Å². The first-order chi connectivity index (χ1) is 14.5. The third-order valence-electron chi connectivity index (χ3n) is 4.69. The van der Waals surface area contributed by atoms with Crippen molar-refractivity contribution >= 4 is 23.4 Å². The van der Waals surface area contributed by atoms with Crippen LogP contribution in [-0.4, -0.2) is 37.4 Å². The predicted octanol–water partition coefficient (Wildman–Crippen LogP) is 2.52. The third-order valence-corrected chi connectivity index (χ3v) is 4.69. The maximum atomic E-state index is 12.2. The molecular formula is C23H27N3O4. The molecular weight excluding hydrogens is 382 g/mol. The average Bonchev–Trinajstić information content (AvgIpc) is 3.58. The quantitative estimate of drug-likeness (QED) is 0.526. The molecule has 0 aromatic heterocycles. The molecule has 0 saturated heterocycles. The first-order valence-corrected chi connectivity index (χ1v) is 10.2. The van der Waals surface area contributed by atoms with Crippen LogP contribution < -0.4 is 20.7 Å². The van der Waals surface area contributed by atoms with E-state index in [0.29, 0.717) is 30.9 Å². The van der Waals surface area contributed by atoms with Crippen molar-refractivity contribution in [2.24, 2.45) is 5.92 Å². The number of amides is 3. The van der Waals surface area contributed by atoms with Gasteiger partial charge in [-0.3, -0.25) is 14.4 Å². The number of hydrogen-bond donors (Lipinski definition) is 3. The maximum Gasteiger partial charge on any atom is 0.251 e. The minimum atomic E-state index is -0.220. The highest BCUT2D eigenvalue weighted by Crippen LogP contribution is 2.28. The van der Waals surface area contributed by atoms with Gasteiger partial charge in [0.05, 0.1) is 13.0 Å². The summed E-state index contributed by atoms with van der Waals surface area (Å²) in [5, 5.41) is 8.40. The summed E-state index contributed by atoms with van der Waals surface area (Å²) in [6.45, 7) is 3.31. The van der Waals surface area contributed by atoms with Gasteiger partial charge in [0.25, 0.3) is 5.91 Å². The van der Waals surface area contributed by atoms with E-state index in [1.54, 1.807) is 24.3 Å². The number of rotatable bonds is 10. The van der Waals surface area contributed by atoms with E-state index in [4.69, 9.17) is 4.74 Å². The van der Waals surface area contributed by atoms with Crippen LogP contribution in [0, 0.1) is 5.92 Å². The van der Waals surface area contributed by atoms with Gasteiger partial charge in [0.2, 0.25) is 11.8 Å². The average molecular weight is 409 g/mol. The van der Waals surface area contributed by atoms with Crippen LogP contribution >= 0.6 is 0 Å². The van der Waals surface area contributed by atoms with Gasteiger partial charge in [0, 0.05) is 30.3 Å². The SMILES string of the molecule is CCOc1ccc(CC(=O)Nc2ccc(C(=O)NCCNC(=O)C3CC3)cc2)cc1. The lowest BCUT2D eigenvalue weighted by molar-refractivity contribution is -0.122. The van der Waals surface area contributed by atoms with Crippen LogP contribution in [0.5, 0.6) is 5.75 Å². The molecule has 1 aliphatic rings. The number of benzene rings is 2. The minimum Gasteiger partial charge on any atom is -0.494 e. The molecule has 7 heteroatoms. The first kappa shape index (κ1) is 21.4. The van der Waals surface area contributed by atoms with Crippen molar-refractivity contribution in [1.82, 2.24) is 10.6 Å². The van der Waals surface area contributed by atoms with Gasteiger partial charge in [0.1, 0.15) is 5.75 Å². The zero-order valence-corrected chi connectivity index (χ0v) is 17.1. The Labute approximate surface area is 176 Å². The van der Waals surface area contributed by atoms with Crippen LogP contribution in [0.2, 0.25) is 0 Å². The van der Waals surface area contributed by atoms with Crippen molar-refractivity contribution < 1.29 is 19.1 Å². The molecule has 0 heterocycles. The van der Waals surface area contributed by atoms with Crippen LogP contribution in [0.3, 0.4) is 0 Å². The van der Waals surface area contributed by atoms with E-state index in [1.807, 2.05) is 31.2 Å². The number of hydrogen-bond acceptors (Lipinski definition) is 4. The molecule has 0 spiro atoms. The molecule has 2 aromatic rings. The summed E-state index contributed by atoms with van der Waals surface area (Å²) in [5.41, 5.74) is 2.01. The predicted molar refractivity (Wildman–Crippen MR) is 114 cm³/mol. The second kappa shape index (κ2) is 10.4. The van der Waals surface area contributed by atoms with Gasteiger partial charge in [-0.2, -0.15) is 0 Å². The summed E-state index contributed by atoms with van der Waals surface area (Å²) in [6.07, 6.45) is 2.17. The molecule has 3 amide bonds. The van der Waals surface area contributed by atoms with Crippen molar-refractivity contribution in [2.45, 2.75) is 26.2 Å². The Kier molecular flexibility index (Phi) is 7.43. The second-order valence-corrected chi connectivity index (χ2v) is 7.20. The van der Waals surface area contributed by atoms with E-state index >= 15 is 0 Å². The van der Waals surface area contributed by atoms with E-state index < -0.39 is 0 Å². The molecule has 0 bridgehead atoms. The maximum absolute atomic E-state index is 12.2. The highest BCUT2D eigenvalue weighted by molar-refractivity contribution is 5.96. The van der Waals surface area contributed by atoms with E-state index in [0.717, 1.165) is 24.2 Å². The summed E-state index contributed by atoms with van der Waals surface area (Å²) in [5.74, 6) is 0.652. The molecule has 0 aliphatic heterocycles. The van der Waals surface area contributed by atoms with Crippen molar-refractivity contribution in [3.63, 3.8) is 0 Å². The van der Waals surface area contributed by atoms with E-state index in [-0.39, 0.29) is 30.1 Å². The Hall–Kier alpha value is -3.35. The fourth-order valence-electron chi connectivity index (χ4n) is 2.92. The molecule has 1 fully saturated rings. The minimum absolute atomic E-state index is 0.0644. The molecule has 0 unspecified atom stereocenters. The fraction of sp³-hybridized carbons (Fsp3) is 0.348. The largest absolute Gasteiger partial charge is 0.494 e. The lowest BCUT2D eigenvalue weighted by Crippen LogP contribution is -2.35. The lowest BCUT2D eigenvalue weighted by atomic mass is 10.1. The molecule has 30 heavy (non-hydrogen) atoms. The Morgan fingerprint density at radius 2 is 1.60 bits per heavy atom. The van der Waals surface area contributed by atoms with Gasteiger partial charge in [-0.1, -0.05) is 12.1 Å². The van der Waals surface area contributed by atoms with Crippen molar-refractivity contribution in [3.05, 3.63) is 59.7 Å². The van der Waals surface area contributed by atoms with Crippen LogP contribution in [0.15, 0.2) is 48.5 Å². The number of carbonyl (C=O) groups excluding carboxylic acids is 3. The number of ether oxygens (including phenoxy) is 1.